The van der Waals surface area contributed by atoms with Gasteiger partial charge in [-0.3, -0.25) is 4.68 Å². The summed E-state index contributed by atoms with van der Waals surface area (Å²) in [6, 6.07) is 8.58. The fourth-order valence-corrected chi connectivity index (χ4v) is 5.08. The van der Waals surface area contributed by atoms with Crippen molar-refractivity contribution in [2.45, 2.75) is 26.4 Å². The van der Waals surface area contributed by atoms with Crippen molar-refractivity contribution in [2.24, 2.45) is 7.05 Å². The van der Waals surface area contributed by atoms with Crippen LogP contribution in [0, 0.1) is 24.1 Å². The second-order valence-corrected chi connectivity index (χ2v) is 8.97. The molecule has 1 atom stereocenters. The minimum Gasteiger partial charge on any atom is -0.482 e. The van der Waals surface area contributed by atoms with Gasteiger partial charge in [0.25, 0.3) is 0 Å². The van der Waals surface area contributed by atoms with E-state index in [0.29, 0.717) is 34.6 Å². The molecule has 1 unspecified atom stereocenters. The van der Waals surface area contributed by atoms with Crippen LogP contribution in [0.1, 0.15) is 39.9 Å². The molecule has 0 aliphatic carbocycles. The van der Waals surface area contributed by atoms with Gasteiger partial charge < -0.3 is 10.5 Å². The molecule has 4 heterocycles. The molecule has 3 aromatic heterocycles. The number of benzene rings is 1. The van der Waals surface area contributed by atoms with Gasteiger partial charge in [0, 0.05) is 46.8 Å². The van der Waals surface area contributed by atoms with Crippen LogP contribution in [0.15, 0.2) is 30.5 Å². The van der Waals surface area contributed by atoms with Crippen molar-refractivity contribution in [1.29, 1.82) is 5.26 Å². The van der Waals surface area contributed by atoms with Gasteiger partial charge >= 0.3 is 0 Å². The highest BCUT2D eigenvalue weighted by Crippen LogP contribution is 2.40. The molecule has 5 rings (SSSR count). The standard InChI is InChI=1S/C23H19FN6OS/c1-11-16-7-14(24)4-5-15(16)22-20(32-12(2)28-22)8-18-21(17(9-25)29-30(18)3)13-6-19(31-11)23(26)27-10-13/h4-7,10-11H,8H2,1-3H3,(H2,26,27). The van der Waals surface area contributed by atoms with E-state index >= 15 is 0 Å². The third-order valence-electron chi connectivity index (χ3n) is 5.59. The number of nitrogens with zero attached hydrogens (tertiary/aromatic N) is 5. The number of rotatable bonds is 0. The molecule has 160 valence electrons. The zero-order valence-electron chi connectivity index (χ0n) is 17.7. The molecule has 9 heteroatoms. The lowest BCUT2D eigenvalue weighted by atomic mass is 9.96. The number of aromatic nitrogens is 4. The Balaban J connectivity index is 1.85. The summed E-state index contributed by atoms with van der Waals surface area (Å²) < 4.78 is 22.1. The maximum Gasteiger partial charge on any atom is 0.170 e. The SMILES string of the molecule is Cc1nc2c(s1)Cc1c(c(C#N)nn1C)-c1cnc(N)c(c1)OC(C)c1cc(F)ccc1-2. The summed E-state index contributed by atoms with van der Waals surface area (Å²) in [6.45, 7) is 3.78. The Morgan fingerprint density at radius 3 is 2.94 bits per heavy atom. The van der Waals surface area contributed by atoms with Gasteiger partial charge in [0.2, 0.25) is 0 Å². The van der Waals surface area contributed by atoms with Gasteiger partial charge in [0.15, 0.2) is 17.3 Å². The van der Waals surface area contributed by atoms with Gasteiger partial charge in [-0.25, -0.2) is 14.4 Å². The van der Waals surface area contributed by atoms with E-state index in [-0.39, 0.29) is 11.6 Å². The van der Waals surface area contributed by atoms with E-state index in [4.69, 9.17) is 15.5 Å². The van der Waals surface area contributed by atoms with Crippen LogP contribution in [0.5, 0.6) is 5.75 Å². The lowest BCUT2D eigenvalue weighted by Crippen LogP contribution is -2.09. The number of thiazole rings is 1. The summed E-state index contributed by atoms with van der Waals surface area (Å²) in [5.74, 6) is 0.219. The Morgan fingerprint density at radius 1 is 1.34 bits per heavy atom. The maximum atomic E-state index is 14.2. The van der Waals surface area contributed by atoms with E-state index in [0.717, 1.165) is 26.8 Å². The number of aryl methyl sites for hydroxylation is 2. The third kappa shape index (κ3) is 3.20. The minimum absolute atomic E-state index is 0.213. The number of nitrogens with two attached hydrogens (primary N) is 1. The summed E-state index contributed by atoms with van der Waals surface area (Å²) in [6.07, 6.45) is 1.61. The van der Waals surface area contributed by atoms with Crippen molar-refractivity contribution in [3.63, 3.8) is 0 Å². The Hall–Kier alpha value is -3.77. The van der Waals surface area contributed by atoms with Crippen molar-refractivity contribution >= 4 is 17.2 Å². The van der Waals surface area contributed by atoms with Gasteiger partial charge in [0.1, 0.15) is 18.0 Å². The van der Waals surface area contributed by atoms with Gasteiger partial charge in [0.05, 0.1) is 16.4 Å². The number of pyridine rings is 1. The normalized spacial score (nSPS) is 14.8. The Labute approximate surface area is 187 Å². The Kier molecular flexibility index (Phi) is 4.68. The molecule has 0 saturated carbocycles. The summed E-state index contributed by atoms with van der Waals surface area (Å²) in [5.41, 5.74) is 10.9. The van der Waals surface area contributed by atoms with Crippen molar-refractivity contribution in [1.82, 2.24) is 19.7 Å². The van der Waals surface area contributed by atoms with Crippen molar-refractivity contribution < 1.29 is 9.13 Å². The van der Waals surface area contributed by atoms with Gasteiger partial charge in [-0.15, -0.1) is 11.3 Å². The lowest BCUT2D eigenvalue weighted by Gasteiger charge is -2.20. The van der Waals surface area contributed by atoms with E-state index in [1.165, 1.54) is 12.1 Å². The second-order valence-electron chi connectivity index (χ2n) is 7.69. The first-order valence-electron chi connectivity index (χ1n) is 10.00. The predicted molar refractivity (Wildman–Crippen MR) is 120 cm³/mol. The van der Waals surface area contributed by atoms with Gasteiger partial charge in [-0.1, -0.05) is 0 Å². The summed E-state index contributed by atoms with van der Waals surface area (Å²) in [5, 5.41) is 15.0. The molecule has 2 bridgehead atoms. The minimum atomic E-state index is -0.516. The number of halogens is 1. The van der Waals surface area contributed by atoms with Gasteiger partial charge in [-0.2, -0.15) is 10.4 Å². The zero-order chi connectivity index (χ0) is 22.6. The van der Waals surface area contributed by atoms with Crippen LogP contribution in [0.2, 0.25) is 0 Å². The van der Waals surface area contributed by atoms with E-state index in [2.05, 4.69) is 16.2 Å². The highest BCUT2D eigenvalue weighted by atomic mass is 32.1. The first-order chi connectivity index (χ1) is 15.4. The molecular formula is C23H19FN6OS. The highest BCUT2D eigenvalue weighted by molar-refractivity contribution is 7.12. The first kappa shape index (κ1) is 20.2. The molecule has 1 aromatic carbocycles. The molecule has 2 N–H and O–H groups in total. The smallest absolute Gasteiger partial charge is 0.170 e. The highest BCUT2D eigenvalue weighted by Gasteiger charge is 2.26. The van der Waals surface area contributed by atoms with E-state index in [1.807, 2.05) is 20.9 Å². The van der Waals surface area contributed by atoms with Crippen molar-refractivity contribution in [3.05, 3.63) is 63.1 Å². The molecule has 0 fully saturated rings. The van der Waals surface area contributed by atoms with Crippen LogP contribution >= 0.6 is 11.3 Å². The Morgan fingerprint density at radius 2 is 2.16 bits per heavy atom. The number of fused-ring (bicyclic) bond motifs is 7. The van der Waals surface area contributed by atoms with Gasteiger partial charge in [-0.05, 0) is 38.1 Å². The van der Waals surface area contributed by atoms with Crippen molar-refractivity contribution in [3.8, 4) is 34.2 Å². The largest absolute Gasteiger partial charge is 0.482 e. The average molecular weight is 447 g/mol. The number of ether oxygens (including phenoxy) is 1. The molecule has 0 amide bonds. The maximum absolute atomic E-state index is 14.2. The summed E-state index contributed by atoms with van der Waals surface area (Å²) in [7, 11) is 1.81. The quantitative estimate of drug-likeness (QED) is 0.425. The fraction of sp³-hybridized carbons (Fsp3) is 0.217. The number of hydrogen-bond acceptors (Lipinski definition) is 7. The first-order valence-corrected chi connectivity index (χ1v) is 10.8. The van der Waals surface area contributed by atoms with Crippen LogP contribution < -0.4 is 10.5 Å². The molecule has 1 aliphatic rings. The lowest BCUT2D eigenvalue weighted by molar-refractivity contribution is 0.227. The molecule has 32 heavy (non-hydrogen) atoms. The molecule has 4 aromatic rings. The van der Waals surface area contributed by atoms with Crippen LogP contribution in [0.3, 0.4) is 0 Å². The van der Waals surface area contributed by atoms with Crippen LogP contribution in [-0.4, -0.2) is 19.7 Å². The monoisotopic (exact) mass is 446 g/mol. The molecule has 1 aliphatic heterocycles. The van der Waals surface area contributed by atoms with E-state index in [9.17, 15) is 9.65 Å². The summed E-state index contributed by atoms with van der Waals surface area (Å²) in [4.78, 5) is 10.1. The van der Waals surface area contributed by atoms with Crippen LogP contribution in [0.4, 0.5) is 10.2 Å². The number of anilines is 1. The van der Waals surface area contributed by atoms with E-state index in [1.54, 1.807) is 34.3 Å². The molecule has 7 nitrogen and oxygen atoms in total. The number of nitrogen functional groups attached to an aromatic ring is 1. The Bertz CT molecular complexity index is 1420. The molecular weight excluding hydrogens is 427 g/mol. The topological polar surface area (TPSA) is 103 Å². The zero-order valence-corrected chi connectivity index (χ0v) is 18.5. The molecule has 0 radical (unpaired) electrons. The molecule has 0 saturated heterocycles. The fourth-order valence-electron chi connectivity index (χ4n) is 4.12. The average Bonchev–Trinajstić information content (AvgIpc) is 3.28. The predicted octanol–water partition coefficient (Wildman–Crippen LogP) is 4.55. The number of hydrogen-bond donors (Lipinski definition) is 1. The molecule has 0 spiro atoms. The summed E-state index contributed by atoms with van der Waals surface area (Å²) >= 11 is 1.57. The number of nitriles is 1. The van der Waals surface area contributed by atoms with E-state index < -0.39 is 6.10 Å². The third-order valence-corrected chi connectivity index (χ3v) is 6.56. The second kappa shape index (κ2) is 7.43. The van der Waals surface area contributed by atoms with Crippen LogP contribution in [0.25, 0.3) is 22.4 Å². The van der Waals surface area contributed by atoms with Crippen molar-refractivity contribution in [2.75, 3.05) is 5.73 Å². The van der Waals surface area contributed by atoms with Crippen LogP contribution in [-0.2, 0) is 13.5 Å².